The molecule has 266 valence electrons. The Kier molecular flexibility index (Phi) is 12.5. The lowest BCUT2D eigenvalue weighted by atomic mass is 10.0. The van der Waals surface area contributed by atoms with Gasteiger partial charge in [0, 0.05) is 0 Å². The third-order valence-corrected chi connectivity index (χ3v) is 8.45. The lowest BCUT2D eigenvalue weighted by Crippen LogP contribution is -2.46. The number of hydrogen-bond acceptors (Lipinski definition) is 9. The van der Waals surface area contributed by atoms with E-state index in [1.807, 2.05) is 60.7 Å². The summed E-state index contributed by atoms with van der Waals surface area (Å²) >= 11 is 0. The Hall–Kier alpha value is -5.65. The molecular formula is C42H38O10. The SMILES string of the molecule is O=C(OC[C@@H](OC(=O)c1ccccc1)[C@@H]1O[C@@H](OCc2ccccc2C(=O)O)[C@H](OCc2ccccc2)[C@H]1OCc1ccccc1)c1ccccc1. The van der Waals surface area contributed by atoms with Gasteiger partial charge in [-0.2, -0.15) is 0 Å². The van der Waals surface area contributed by atoms with E-state index < -0.39 is 48.6 Å². The number of rotatable bonds is 16. The monoisotopic (exact) mass is 702 g/mol. The molecule has 1 fully saturated rings. The molecular weight excluding hydrogens is 664 g/mol. The lowest BCUT2D eigenvalue weighted by Gasteiger charge is -2.29. The average molecular weight is 703 g/mol. The standard InChI is InChI=1S/C42H38O10/c43-39(44)34-24-14-13-23-33(34)27-50-42-38(48-26-30-17-7-2-8-18-30)37(47-25-29-15-5-1-6-16-29)36(52-42)35(51-41(46)32-21-11-4-12-22-32)28-49-40(45)31-19-9-3-10-20-31/h1-24,35-38,42H,25-28H2,(H,43,44)/t35-,36+,37+,38-,42-/m1/s1. The molecule has 1 heterocycles. The molecule has 5 atom stereocenters. The van der Waals surface area contributed by atoms with E-state index in [9.17, 15) is 19.5 Å². The Bertz CT molecular complexity index is 1890. The number of carboxylic acids is 1. The van der Waals surface area contributed by atoms with Gasteiger partial charge in [-0.1, -0.05) is 115 Å². The predicted octanol–water partition coefficient (Wildman–Crippen LogP) is 6.88. The van der Waals surface area contributed by atoms with Crippen LogP contribution in [0.4, 0.5) is 0 Å². The zero-order chi connectivity index (χ0) is 36.1. The topological polar surface area (TPSA) is 127 Å². The van der Waals surface area contributed by atoms with Crippen molar-refractivity contribution >= 4 is 17.9 Å². The molecule has 0 aliphatic carbocycles. The number of ether oxygens (including phenoxy) is 6. The van der Waals surface area contributed by atoms with Crippen molar-refractivity contribution < 1.29 is 47.9 Å². The first-order valence-corrected chi connectivity index (χ1v) is 16.8. The zero-order valence-corrected chi connectivity index (χ0v) is 28.2. The molecule has 1 aliphatic rings. The van der Waals surface area contributed by atoms with E-state index in [0.29, 0.717) is 11.1 Å². The summed E-state index contributed by atoms with van der Waals surface area (Å²) in [6, 6.07) is 42.5. The average Bonchev–Trinajstić information content (AvgIpc) is 3.55. The largest absolute Gasteiger partial charge is 0.478 e. The van der Waals surface area contributed by atoms with Gasteiger partial charge in [0.2, 0.25) is 0 Å². The third-order valence-electron chi connectivity index (χ3n) is 8.45. The molecule has 0 bridgehead atoms. The molecule has 0 saturated carbocycles. The lowest BCUT2D eigenvalue weighted by molar-refractivity contribution is -0.196. The van der Waals surface area contributed by atoms with Crippen molar-refractivity contribution in [3.8, 4) is 0 Å². The summed E-state index contributed by atoms with van der Waals surface area (Å²) in [5.41, 5.74) is 2.87. The van der Waals surface area contributed by atoms with Crippen molar-refractivity contribution in [1.82, 2.24) is 0 Å². The number of carbonyl (C=O) groups excluding carboxylic acids is 2. The van der Waals surface area contributed by atoms with Crippen LogP contribution in [0.3, 0.4) is 0 Å². The van der Waals surface area contributed by atoms with E-state index in [0.717, 1.165) is 11.1 Å². The fourth-order valence-electron chi connectivity index (χ4n) is 5.80. The molecule has 0 unspecified atom stereocenters. The van der Waals surface area contributed by atoms with Crippen LogP contribution in [0.2, 0.25) is 0 Å². The zero-order valence-electron chi connectivity index (χ0n) is 28.2. The number of hydrogen-bond donors (Lipinski definition) is 1. The number of benzene rings is 5. The number of carboxylic acid groups (broad SMARTS) is 1. The van der Waals surface area contributed by atoms with Gasteiger partial charge in [-0.05, 0) is 47.0 Å². The molecule has 1 N–H and O–H groups in total. The normalized spacial score (nSPS) is 18.7. The number of esters is 2. The summed E-state index contributed by atoms with van der Waals surface area (Å²) in [7, 11) is 0. The molecule has 52 heavy (non-hydrogen) atoms. The van der Waals surface area contributed by atoms with Crippen molar-refractivity contribution in [1.29, 1.82) is 0 Å². The molecule has 1 saturated heterocycles. The fourth-order valence-corrected chi connectivity index (χ4v) is 5.80. The van der Waals surface area contributed by atoms with Crippen LogP contribution in [0.5, 0.6) is 0 Å². The van der Waals surface area contributed by atoms with Crippen molar-refractivity contribution in [3.05, 3.63) is 179 Å². The highest BCUT2D eigenvalue weighted by Gasteiger charge is 2.52. The maximum atomic E-state index is 13.5. The van der Waals surface area contributed by atoms with E-state index >= 15 is 0 Å². The summed E-state index contributed by atoms with van der Waals surface area (Å²) in [6.45, 7) is -0.194. The Labute approximate surface area is 301 Å². The van der Waals surface area contributed by atoms with Crippen LogP contribution in [0.25, 0.3) is 0 Å². The third kappa shape index (κ3) is 9.56. The van der Waals surface area contributed by atoms with Crippen LogP contribution < -0.4 is 0 Å². The van der Waals surface area contributed by atoms with Gasteiger partial charge in [-0.3, -0.25) is 0 Å². The van der Waals surface area contributed by atoms with E-state index in [1.54, 1.807) is 78.9 Å². The summed E-state index contributed by atoms with van der Waals surface area (Å²) in [4.78, 5) is 38.6. The smallest absolute Gasteiger partial charge is 0.338 e. The quantitative estimate of drug-likeness (QED) is 0.109. The van der Waals surface area contributed by atoms with Crippen molar-refractivity contribution in [3.63, 3.8) is 0 Å². The molecule has 0 aromatic heterocycles. The van der Waals surface area contributed by atoms with Crippen LogP contribution >= 0.6 is 0 Å². The second kappa shape index (κ2) is 18.0. The molecule has 6 rings (SSSR count). The van der Waals surface area contributed by atoms with Crippen molar-refractivity contribution in [2.45, 2.75) is 50.5 Å². The van der Waals surface area contributed by atoms with E-state index in [1.165, 1.54) is 6.07 Å². The first-order valence-electron chi connectivity index (χ1n) is 16.8. The molecule has 10 heteroatoms. The van der Waals surface area contributed by atoms with Gasteiger partial charge in [-0.15, -0.1) is 0 Å². The minimum Gasteiger partial charge on any atom is -0.478 e. The van der Waals surface area contributed by atoms with E-state index in [4.69, 9.17) is 28.4 Å². The van der Waals surface area contributed by atoms with Gasteiger partial charge in [0.1, 0.15) is 24.9 Å². The van der Waals surface area contributed by atoms with Gasteiger partial charge in [-0.25, -0.2) is 14.4 Å². The highest BCUT2D eigenvalue weighted by atomic mass is 16.7. The van der Waals surface area contributed by atoms with Crippen molar-refractivity contribution in [2.75, 3.05) is 6.61 Å². The van der Waals surface area contributed by atoms with Gasteiger partial charge in [0.05, 0.1) is 36.5 Å². The van der Waals surface area contributed by atoms with Gasteiger partial charge in [0.25, 0.3) is 0 Å². The van der Waals surface area contributed by atoms with Crippen LogP contribution in [0, 0.1) is 0 Å². The molecule has 1 aliphatic heterocycles. The Morgan fingerprint density at radius 2 is 1.08 bits per heavy atom. The second-order valence-corrected chi connectivity index (χ2v) is 12.0. The molecule has 5 aromatic carbocycles. The maximum Gasteiger partial charge on any atom is 0.338 e. The highest BCUT2D eigenvalue weighted by Crippen LogP contribution is 2.33. The summed E-state index contributed by atoms with van der Waals surface area (Å²) in [6.07, 6.45) is -5.15. The molecule has 0 spiro atoms. The van der Waals surface area contributed by atoms with Crippen LogP contribution in [0.1, 0.15) is 47.8 Å². The Balaban J connectivity index is 1.33. The first-order chi connectivity index (χ1) is 25.5. The second-order valence-electron chi connectivity index (χ2n) is 12.0. The van der Waals surface area contributed by atoms with E-state index in [2.05, 4.69) is 0 Å². The summed E-state index contributed by atoms with van der Waals surface area (Å²) in [5, 5.41) is 9.80. The van der Waals surface area contributed by atoms with Gasteiger partial charge in [0.15, 0.2) is 12.4 Å². The number of aromatic carboxylic acids is 1. The summed E-state index contributed by atoms with van der Waals surface area (Å²) in [5.74, 6) is -2.37. The number of carbonyl (C=O) groups is 3. The van der Waals surface area contributed by atoms with E-state index in [-0.39, 0.29) is 37.6 Å². The Morgan fingerprint density at radius 3 is 1.65 bits per heavy atom. The van der Waals surface area contributed by atoms with Gasteiger partial charge < -0.3 is 33.5 Å². The minimum absolute atomic E-state index is 0.0816. The Morgan fingerprint density at radius 1 is 0.577 bits per heavy atom. The fraction of sp³-hybridized carbons (Fsp3) is 0.214. The molecule has 10 nitrogen and oxygen atoms in total. The van der Waals surface area contributed by atoms with Crippen molar-refractivity contribution in [2.24, 2.45) is 0 Å². The minimum atomic E-state index is -1.18. The highest BCUT2D eigenvalue weighted by molar-refractivity contribution is 5.90. The van der Waals surface area contributed by atoms with Crippen LogP contribution in [-0.4, -0.2) is 60.3 Å². The molecule has 0 amide bonds. The maximum absolute atomic E-state index is 13.5. The molecule has 0 radical (unpaired) electrons. The molecule has 5 aromatic rings. The van der Waals surface area contributed by atoms with Crippen LogP contribution in [-0.2, 0) is 48.2 Å². The van der Waals surface area contributed by atoms with Crippen LogP contribution in [0.15, 0.2) is 146 Å². The predicted molar refractivity (Wildman–Crippen MR) is 189 cm³/mol. The summed E-state index contributed by atoms with van der Waals surface area (Å²) < 4.78 is 37.6. The van der Waals surface area contributed by atoms with Gasteiger partial charge >= 0.3 is 17.9 Å². The first kappa shape index (κ1) is 36.2.